The average molecular weight is 592 g/mol. The Kier molecular flexibility index (Phi) is 24.3. The number of rotatable bonds is 28. The number of carbonyl (C=O) groups is 1. The second kappa shape index (κ2) is 24.8. The summed E-state index contributed by atoms with van der Waals surface area (Å²) in [6.07, 6.45) is 23.0. The van der Waals surface area contributed by atoms with E-state index in [1.807, 2.05) is 27.2 Å². The summed E-state index contributed by atoms with van der Waals surface area (Å²) in [5.41, 5.74) is 0. The SMILES string of the molecule is CCCCCCCCCCCCC/C=C/[C@H](O)[C@H](COP(=O)(O)OCC[N+](C)(C)C)NC(=O)CCCCCCC. The largest absolute Gasteiger partial charge is 0.472 e. The number of likely N-dealkylation sites (N-methyl/N-ethyl adjacent to an activating group) is 1. The molecule has 0 bridgehead atoms. The molecule has 0 radical (unpaired) electrons. The molecule has 0 saturated carbocycles. The molecular weight excluding hydrogens is 527 g/mol. The Morgan fingerprint density at radius 2 is 1.32 bits per heavy atom. The van der Waals surface area contributed by atoms with Gasteiger partial charge in [-0.2, -0.15) is 0 Å². The van der Waals surface area contributed by atoms with E-state index in [0.29, 0.717) is 17.4 Å². The normalized spacial score (nSPS) is 15.3. The molecule has 0 rings (SSSR count). The predicted molar refractivity (Wildman–Crippen MR) is 166 cm³/mol. The average Bonchev–Trinajstić information content (AvgIpc) is 2.88. The smallest absolute Gasteiger partial charge is 0.387 e. The molecule has 0 fully saturated rings. The van der Waals surface area contributed by atoms with E-state index >= 15 is 0 Å². The Morgan fingerprint density at radius 1 is 0.825 bits per heavy atom. The highest BCUT2D eigenvalue weighted by atomic mass is 31.2. The minimum atomic E-state index is -4.31. The lowest BCUT2D eigenvalue weighted by atomic mass is 10.0. The third kappa shape index (κ3) is 26.2. The van der Waals surface area contributed by atoms with Crippen molar-refractivity contribution in [3.05, 3.63) is 12.2 Å². The highest BCUT2D eigenvalue weighted by Crippen LogP contribution is 2.43. The van der Waals surface area contributed by atoms with Crippen LogP contribution >= 0.6 is 7.82 Å². The van der Waals surface area contributed by atoms with E-state index in [1.54, 1.807) is 6.08 Å². The van der Waals surface area contributed by atoms with Crippen LogP contribution in [0.25, 0.3) is 0 Å². The molecule has 0 aromatic heterocycles. The Hall–Kier alpha value is -0.760. The second-order valence-corrected chi connectivity index (χ2v) is 13.6. The highest BCUT2D eigenvalue weighted by molar-refractivity contribution is 7.47. The first-order valence-corrected chi connectivity index (χ1v) is 17.6. The van der Waals surface area contributed by atoms with Gasteiger partial charge in [0.1, 0.15) is 13.2 Å². The van der Waals surface area contributed by atoms with Crippen LogP contribution in [0.3, 0.4) is 0 Å². The molecular formula is C31H64N2O6P+. The standard InChI is InChI=1S/C31H63N2O6P/c1-6-8-10-12-13-14-15-16-17-18-19-21-22-24-30(34)29(32-31(35)25-23-20-11-9-7-2)28-39-40(36,37)38-27-26-33(3,4)5/h22,24,29-30,34H,6-21,23,25-28H2,1-5H3,(H-,32,35,36,37)/p+1/b24-22+/t29-,30-/m0/s1. The maximum absolute atomic E-state index is 12.5. The second-order valence-electron chi connectivity index (χ2n) is 12.2. The van der Waals surface area contributed by atoms with Crippen LogP contribution in [0.1, 0.15) is 129 Å². The minimum absolute atomic E-state index is 0.0630. The molecule has 0 aliphatic rings. The number of hydrogen-bond acceptors (Lipinski definition) is 5. The van der Waals surface area contributed by atoms with Crippen LogP contribution in [0.15, 0.2) is 12.2 Å². The maximum atomic E-state index is 12.5. The topological polar surface area (TPSA) is 105 Å². The summed E-state index contributed by atoms with van der Waals surface area (Å²) in [6, 6.07) is -0.834. The van der Waals surface area contributed by atoms with Crippen LogP contribution < -0.4 is 5.32 Å². The number of nitrogens with zero attached hydrogens (tertiary/aromatic N) is 1. The lowest BCUT2D eigenvalue weighted by Crippen LogP contribution is -2.45. The molecule has 0 aliphatic carbocycles. The molecule has 0 heterocycles. The van der Waals surface area contributed by atoms with Crippen LogP contribution in [-0.4, -0.2) is 73.4 Å². The Labute approximate surface area is 246 Å². The van der Waals surface area contributed by atoms with Gasteiger partial charge in [-0.15, -0.1) is 0 Å². The van der Waals surface area contributed by atoms with E-state index in [0.717, 1.165) is 51.4 Å². The van der Waals surface area contributed by atoms with Crippen molar-refractivity contribution in [1.82, 2.24) is 5.32 Å². The van der Waals surface area contributed by atoms with E-state index in [9.17, 15) is 19.4 Å². The fraction of sp³-hybridized carbons (Fsp3) is 0.903. The maximum Gasteiger partial charge on any atom is 0.472 e. The highest BCUT2D eigenvalue weighted by Gasteiger charge is 2.27. The van der Waals surface area contributed by atoms with E-state index in [1.165, 1.54) is 57.8 Å². The van der Waals surface area contributed by atoms with Crippen LogP contribution in [0, 0.1) is 0 Å². The van der Waals surface area contributed by atoms with Crippen molar-refractivity contribution in [2.24, 2.45) is 0 Å². The zero-order chi connectivity index (χ0) is 30.1. The lowest BCUT2D eigenvalue weighted by Gasteiger charge is -2.25. The molecule has 0 saturated heterocycles. The van der Waals surface area contributed by atoms with Crippen molar-refractivity contribution in [2.45, 2.75) is 142 Å². The van der Waals surface area contributed by atoms with E-state index in [2.05, 4.69) is 19.2 Å². The molecule has 3 N–H and O–H groups in total. The van der Waals surface area contributed by atoms with Gasteiger partial charge in [0.25, 0.3) is 0 Å². The summed E-state index contributed by atoms with van der Waals surface area (Å²) in [5, 5.41) is 13.6. The van der Waals surface area contributed by atoms with Gasteiger partial charge in [0, 0.05) is 6.42 Å². The van der Waals surface area contributed by atoms with Crippen molar-refractivity contribution in [1.29, 1.82) is 0 Å². The molecule has 1 unspecified atom stereocenters. The summed E-state index contributed by atoms with van der Waals surface area (Å²) in [6.45, 7) is 4.68. The minimum Gasteiger partial charge on any atom is -0.387 e. The fourth-order valence-corrected chi connectivity index (χ4v) is 5.07. The summed E-state index contributed by atoms with van der Waals surface area (Å²) < 4.78 is 23.2. The molecule has 0 spiro atoms. The molecule has 9 heteroatoms. The predicted octanol–water partition coefficient (Wildman–Crippen LogP) is 7.29. The number of hydrogen-bond donors (Lipinski definition) is 3. The van der Waals surface area contributed by atoms with E-state index in [-0.39, 0.29) is 19.1 Å². The zero-order valence-electron chi connectivity index (χ0n) is 26.6. The van der Waals surface area contributed by atoms with Gasteiger partial charge in [-0.3, -0.25) is 13.8 Å². The number of allylic oxidation sites excluding steroid dienone is 1. The third-order valence-corrected chi connectivity index (χ3v) is 7.99. The van der Waals surface area contributed by atoms with Crippen molar-refractivity contribution >= 4 is 13.7 Å². The van der Waals surface area contributed by atoms with Gasteiger partial charge in [-0.25, -0.2) is 4.57 Å². The summed E-state index contributed by atoms with van der Waals surface area (Å²) >= 11 is 0. The van der Waals surface area contributed by atoms with Gasteiger partial charge in [0.15, 0.2) is 0 Å². The zero-order valence-corrected chi connectivity index (χ0v) is 27.5. The monoisotopic (exact) mass is 591 g/mol. The van der Waals surface area contributed by atoms with Gasteiger partial charge in [0.2, 0.25) is 5.91 Å². The van der Waals surface area contributed by atoms with Crippen LogP contribution in [0.4, 0.5) is 0 Å². The number of carbonyl (C=O) groups excluding carboxylic acids is 1. The summed E-state index contributed by atoms with van der Waals surface area (Å²) in [5.74, 6) is -0.193. The van der Waals surface area contributed by atoms with Crippen LogP contribution in [-0.2, 0) is 18.4 Å². The first kappa shape index (κ1) is 39.2. The molecule has 40 heavy (non-hydrogen) atoms. The number of unbranched alkanes of at least 4 members (excludes halogenated alkanes) is 15. The van der Waals surface area contributed by atoms with Crippen molar-refractivity contribution in [2.75, 3.05) is 40.9 Å². The van der Waals surface area contributed by atoms with Crippen molar-refractivity contribution < 1.29 is 32.9 Å². The third-order valence-electron chi connectivity index (χ3n) is 7.01. The lowest BCUT2D eigenvalue weighted by molar-refractivity contribution is -0.870. The number of aliphatic hydroxyl groups is 1. The number of aliphatic hydroxyl groups excluding tert-OH is 1. The summed E-state index contributed by atoms with van der Waals surface area (Å²) in [4.78, 5) is 22.6. The van der Waals surface area contributed by atoms with Gasteiger partial charge in [0.05, 0.1) is 39.9 Å². The van der Waals surface area contributed by atoms with Gasteiger partial charge in [-0.05, 0) is 19.3 Å². The van der Waals surface area contributed by atoms with Gasteiger partial charge in [-0.1, -0.05) is 116 Å². The number of phosphoric acid groups is 1. The molecule has 0 aliphatic heterocycles. The van der Waals surface area contributed by atoms with Crippen LogP contribution in [0.5, 0.6) is 0 Å². The number of nitrogens with one attached hydrogen (secondary N) is 1. The Bertz CT molecular complexity index is 683. The van der Waals surface area contributed by atoms with Crippen molar-refractivity contribution in [3.63, 3.8) is 0 Å². The number of quaternary nitrogens is 1. The molecule has 8 nitrogen and oxygen atoms in total. The molecule has 238 valence electrons. The number of phosphoric ester groups is 1. The Morgan fingerprint density at radius 3 is 1.85 bits per heavy atom. The first-order valence-electron chi connectivity index (χ1n) is 16.1. The van der Waals surface area contributed by atoms with Gasteiger partial charge < -0.3 is 19.8 Å². The van der Waals surface area contributed by atoms with Gasteiger partial charge >= 0.3 is 7.82 Å². The molecule has 3 atom stereocenters. The summed E-state index contributed by atoms with van der Waals surface area (Å²) in [7, 11) is 1.57. The first-order chi connectivity index (χ1) is 19.0. The number of amides is 1. The quantitative estimate of drug-likeness (QED) is 0.0382. The van der Waals surface area contributed by atoms with E-state index in [4.69, 9.17) is 9.05 Å². The molecule has 0 aromatic rings. The Balaban J connectivity index is 4.56. The van der Waals surface area contributed by atoms with E-state index < -0.39 is 20.0 Å². The molecule has 1 amide bonds. The van der Waals surface area contributed by atoms with Crippen molar-refractivity contribution in [3.8, 4) is 0 Å². The molecule has 0 aromatic carbocycles. The fourth-order valence-electron chi connectivity index (χ4n) is 4.33. The van der Waals surface area contributed by atoms with Crippen LogP contribution in [0.2, 0.25) is 0 Å².